The van der Waals surface area contributed by atoms with E-state index in [1.54, 1.807) is 6.07 Å². The van der Waals surface area contributed by atoms with Gasteiger partial charge in [0.15, 0.2) is 5.56 Å². The van der Waals surface area contributed by atoms with Crippen molar-refractivity contribution in [2.45, 2.75) is 0 Å². The molecule has 0 amide bonds. The topological polar surface area (TPSA) is 17.1 Å². The van der Waals surface area contributed by atoms with Crippen LogP contribution in [0.3, 0.4) is 0 Å². The van der Waals surface area contributed by atoms with E-state index in [9.17, 15) is 4.79 Å². The maximum absolute atomic E-state index is 11.1. The molecule has 0 aliphatic carbocycles. The second kappa shape index (κ2) is 2.94. The lowest BCUT2D eigenvalue weighted by Crippen LogP contribution is -1.92. The van der Waals surface area contributed by atoms with Crippen LogP contribution in [0.2, 0.25) is 0 Å². The molecule has 2 rings (SSSR count). The van der Waals surface area contributed by atoms with Crippen molar-refractivity contribution in [1.82, 2.24) is 0 Å². The van der Waals surface area contributed by atoms with Crippen LogP contribution >= 0.6 is 0 Å². The molecule has 62 valence electrons. The van der Waals surface area contributed by atoms with E-state index < -0.39 is 0 Å². The molecular weight excluding hydrogens is 160 g/mol. The van der Waals surface area contributed by atoms with Gasteiger partial charge in [0.1, 0.15) is 0 Å². The van der Waals surface area contributed by atoms with E-state index in [2.05, 4.69) is 6.92 Å². The summed E-state index contributed by atoms with van der Waals surface area (Å²) in [6.45, 7) is 3.42. The van der Waals surface area contributed by atoms with Crippen molar-refractivity contribution in [2.24, 2.45) is 0 Å². The number of hydrogen-bond donors (Lipinski definition) is 0. The van der Waals surface area contributed by atoms with Gasteiger partial charge >= 0.3 is 5.78 Å². The smallest absolute Gasteiger partial charge is 0.241 e. The molecule has 13 heavy (non-hydrogen) atoms. The standard InChI is InChI=1S/C12H9O/c1-9(13)11-8-4-6-10-5-2-3-7-12(10)11/h2-8H,1H2/q+1. The normalized spacial score (nSPS) is 10.2. The van der Waals surface area contributed by atoms with Crippen LogP contribution in [0.25, 0.3) is 10.8 Å². The second-order valence-electron chi connectivity index (χ2n) is 2.95. The lowest BCUT2D eigenvalue weighted by atomic mass is 10.0. The highest BCUT2D eigenvalue weighted by Crippen LogP contribution is 2.18. The van der Waals surface area contributed by atoms with Crippen molar-refractivity contribution in [3.63, 3.8) is 0 Å². The number of rotatable bonds is 1. The average molecular weight is 169 g/mol. The van der Waals surface area contributed by atoms with Crippen LogP contribution in [0.5, 0.6) is 0 Å². The highest BCUT2D eigenvalue weighted by molar-refractivity contribution is 6.10. The number of ketones is 1. The Bertz CT molecular complexity index is 452. The largest absolute Gasteiger partial charge is 0.334 e. The minimum absolute atomic E-state index is 0.128. The van der Waals surface area contributed by atoms with E-state index in [4.69, 9.17) is 0 Å². The Morgan fingerprint density at radius 2 is 1.69 bits per heavy atom. The van der Waals surface area contributed by atoms with Crippen LogP contribution in [0.4, 0.5) is 0 Å². The van der Waals surface area contributed by atoms with Gasteiger partial charge in [-0.2, -0.15) is 0 Å². The van der Waals surface area contributed by atoms with Crippen molar-refractivity contribution in [3.05, 3.63) is 55.0 Å². The second-order valence-corrected chi connectivity index (χ2v) is 2.95. The molecule has 0 aliphatic heterocycles. The lowest BCUT2D eigenvalue weighted by Gasteiger charge is -1.94. The summed E-state index contributed by atoms with van der Waals surface area (Å²) >= 11 is 0. The Kier molecular flexibility index (Phi) is 1.78. The summed E-state index contributed by atoms with van der Waals surface area (Å²) in [6, 6.07) is 13.5. The number of carbonyl (C=O) groups excluding carboxylic acids is 1. The zero-order valence-corrected chi connectivity index (χ0v) is 7.16. The van der Waals surface area contributed by atoms with Crippen molar-refractivity contribution >= 4 is 16.6 Å². The average Bonchev–Trinajstić information content (AvgIpc) is 2.17. The first-order valence-electron chi connectivity index (χ1n) is 4.13. The Balaban J connectivity index is 2.83. The number of fused-ring (bicyclic) bond motifs is 1. The SMILES string of the molecule is [CH2+]C(=O)c1cccc2ccccc12. The van der Waals surface area contributed by atoms with E-state index in [0.717, 1.165) is 10.8 Å². The molecule has 0 fully saturated rings. The van der Waals surface area contributed by atoms with Crippen LogP contribution in [-0.4, -0.2) is 5.78 Å². The summed E-state index contributed by atoms with van der Waals surface area (Å²) in [6.07, 6.45) is 0. The van der Waals surface area contributed by atoms with E-state index in [1.807, 2.05) is 36.4 Å². The zero-order chi connectivity index (χ0) is 9.26. The van der Waals surface area contributed by atoms with Crippen molar-refractivity contribution in [2.75, 3.05) is 0 Å². The molecule has 0 unspecified atom stereocenters. The van der Waals surface area contributed by atoms with Crippen LogP contribution in [-0.2, 0) is 0 Å². The number of carbonyl (C=O) groups is 1. The molecule has 1 nitrogen and oxygen atoms in total. The summed E-state index contributed by atoms with van der Waals surface area (Å²) in [4.78, 5) is 11.1. The van der Waals surface area contributed by atoms with Gasteiger partial charge in [0.25, 0.3) is 0 Å². The predicted molar refractivity (Wildman–Crippen MR) is 53.6 cm³/mol. The third-order valence-electron chi connectivity index (χ3n) is 2.09. The van der Waals surface area contributed by atoms with Gasteiger partial charge in [0, 0.05) is 11.5 Å². The van der Waals surface area contributed by atoms with Gasteiger partial charge in [-0.05, 0) is 12.1 Å². The summed E-state index contributed by atoms with van der Waals surface area (Å²) < 4.78 is 0. The van der Waals surface area contributed by atoms with Crippen molar-refractivity contribution < 1.29 is 4.79 Å². The first kappa shape index (κ1) is 7.87. The summed E-state index contributed by atoms with van der Waals surface area (Å²) in [5, 5.41) is 2.06. The molecule has 0 aromatic heterocycles. The number of hydrogen-bond acceptors (Lipinski definition) is 1. The fourth-order valence-corrected chi connectivity index (χ4v) is 1.47. The van der Waals surface area contributed by atoms with Crippen LogP contribution in [0.15, 0.2) is 42.5 Å². The highest BCUT2D eigenvalue weighted by atomic mass is 16.1. The maximum Gasteiger partial charge on any atom is 0.334 e. The molecule has 0 saturated heterocycles. The predicted octanol–water partition coefficient (Wildman–Crippen LogP) is 2.86. The van der Waals surface area contributed by atoms with Gasteiger partial charge in [-0.1, -0.05) is 24.3 Å². The zero-order valence-electron chi connectivity index (χ0n) is 7.16. The van der Waals surface area contributed by atoms with Crippen LogP contribution in [0.1, 0.15) is 10.4 Å². The van der Waals surface area contributed by atoms with E-state index in [-0.39, 0.29) is 5.78 Å². The van der Waals surface area contributed by atoms with Gasteiger partial charge in [0.2, 0.25) is 0 Å². The molecular formula is C12H9O+. The first-order chi connectivity index (χ1) is 6.29. The minimum Gasteiger partial charge on any atom is -0.241 e. The fourth-order valence-electron chi connectivity index (χ4n) is 1.47. The lowest BCUT2D eigenvalue weighted by molar-refractivity contribution is 0.104. The Morgan fingerprint density at radius 1 is 1.00 bits per heavy atom. The van der Waals surface area contributed by atoms with Gasteiger partial charge in [-0.25, -0.2) is 4.79 Å². The van der Waals surface area contributed by atoms with E-state index in [0.29, 0.717) is 5.56 Å². The molecule has 0 spiro atoms. The number of Topliss-reactive ketones (excluding diaryl/α,β-unsaturated/α-hetero) is 1. The minimum atomic E-state index is -0.128. The van der Waals surface area contributed by atoms with Gasteiger partial charge in [0.05, 0.1) is 12.3 Å². The highest BCUT2D eigenvalue weighted by Gasteiger charge is 2.12. The van der Waals surface area contributed by atoms with Crippen LogP contribution < -0.4 is 0 Å². The summed E-state index contributed by atoms with van der Waals surface area (Å²) in [5.41, 5.74) is 0.693. The molecule has 0 saturated carbocycles. The molecule has 0 atom stereocenters. The maximum atomic E-state index is 11.1. The molecule has 0 radical (unpaired) electrons. The fraction of sp³-hybridized carbons (Fsp3) is 0. The monoisotopic (exact) mass is 169 g/mol. The van der Waals surface area contributed by atoms with Gasteiger partial charge < -0.3 is 0 Å². The van der Waals surface area contributed by atoms with Crippen LogP contribution in [0, 0.1) is 6.92 Å². The molecule has 0 heterocycles. The Morgan fingerprint density at radius 3 is 2.46 bits per heavy atom. The molecule has 0 aliphatic rings. The quantitative estimate of drug-likeness (QED) is 0.474. The molecule has 0 N–H and O–H groups in total. The first-order valence-corrected chi connectivity index (χ1v) is 4.13. The van der Waals surface area contributed by atoms with E-state index in [1.165, 1.54) is 0 Å². The summed E-state index contributed by atoms with van der Waals surface area (Å²) in [5.74, 6) is -0.128. The Hall–Kier alpha value is -1.76. The third kappa shape index (κ3) is 1.29. The molecule has 2 aromatic rings. The van der Waals surface area contributed by atoms with E-state index >= 15 is 0 Å². The summed E-state index contributed by atoms with van der Waals surface area (Å²) in [7, 11) is 0. The van der Waals surface area contributed by atoms with Crippen molar-refractivity contribution in [3.8, 4) is 0 Å². The van der Waals surface area contributed by atoms with Gasteiger partial charge in [-0.15, -0.1) is 0 Å². The molecule has 0 bridgehead atoms. The van der Waals surface area contributed by atoms with Gasteiger partial charge in [-0.3, -0.25) is 0 Å². The molecule has 1 heteroatoms. The Labute approximate surface area is 77.0 Å². The number of benzene rings is 2. The molecule has 2 aromatic carbocycles. The third-order valence-corrected chi connectivity index (χ3v) is 2.09. The van der Waals surface area contributed by atoms with Crippen molar-refractivity contribution in [1.29, 1.82) is 0 Å².